The average molecular weight is 963 g/mol. The summed E-state index contributed by atoms with van der Waals surface area (Å²) in [5.74, 6) is 2.22. The third-order valence-electron chi connectivity index (χ3n) is 13.0. The zero-order chi connectivity index (χ0) is 54.2. The van der Waals surface area contributed by atoms with Crippen LogP contribution in [0.4, 0.5) is 34.6 Å². The van der Waals surface area contributed by atoms with Crippen molar-refractivity contribution in [1.29, 1.82) is 0 Å². The third kappa shape index (κ3) is 9.44. The quantitative estimate of drug-likeness (QED) is 0.120. The summed E-state index contributed by atoms with van der Waals surface area (Å²) in [5.41, 5.74) is 13.5. The predicted octanol–water partition coefficient (Wildman–Crippen LogP) is 16.8. The Morgan fingerprint density at radius 3 is 0.919 bits per heavy atom. The van der Waals surface area contributed by atoms with E-state index in [1.54, 1.807) is 13.8 Å². The molecule has 2 aromatic heterocycles. The number of aromatic nitrogens is 6. The number of nitrogens with zero attached hydrogens (tertiary/aromatic N) is 8. The molecule has 0 spiro atoms. The highest BCUT2D eigenvalue weighted by Crippen LogP contribution is 2.45. The molecule has 0 aliphatic heterocycles. The fourth-order valence-electron chi connectivity index (χ4n) is 9.80. The van der Waals surface area contributed by atoms with Gasteiger partial charge in [0.05, 0.1) is 22.5 Å². The van der Waals surface area contributed by atoms with E-state index in [0.29, 0.717) is 79.4 Å². The first-order valence-corrected chi connectivity index (χ1v) is 24.6. The van der Waals surface area contributed by atoms with Crippen molar-refractivity contribution < 1.29 is 5.48 Å². The van der Waals surface area contributed by atoms with Gasteiger partial charge in [0.1, 0.15) is 0 Å². The van der Waals surface area contributed by atoms with Crippen molar-refractivity contribution in [2.45, 2.75) is 41.5 Å². The van der Waals surface area contributed by atoms with Crippen molar-refractivity contribution >= 4 is 34.6 Å². The maximum absolute atomic E-state index is 9.22. The second-order valence-corrected chi connectivity index (χ2v) is 18.3. The molecule has 0 N–H and O–H groups in total. The van der Waals surface area contributed by atoms with Crippen LogP contribution in [0.1, 0.15) is 38.9 Å². The Morgan fingerprint density at radius 1 is 0.284 bits per heavy atom. The van der Waals surface area contributed by atoms with Crippen molar-refractivity contribution in [3.8, 4) is 67.8 Å². The van der Waals surface area contributed by atoms with Gasteiger partial charge in [-0.05, 0) is 110 Å². The first kappa shape index (κ1) is 42.3. The monoisotopic (exact) mass is 962 g/mol. The van der Waals surface area contributed by atoms with E-state index in [1.165, 1.54) is 0 Å². The molecule has 0 saturated carbocycles. The summed E-state index contributed by atoms with van der Waals surface area (Å²) in [7, 11) is 0. The van der Waals surface area contributed by atoms with Crippen molar-refractivity contribution in [3.05, 3.63) is 252 Å². The summed E-state index contributed by atoms with van der Waals surface area (Å²) in [6, 6.07) is 65.1. The zero-order valence-corrected chi connectivity index (χ0v) is 42.1. The van der Waals surface area contributed by atoms with Crippen LogP contribution < -0.4 is 9.80 Å². The number of anilines is 6. The zero-order valence-electron chi connectivity index (χ0n) is 46.1. The van der Waals surface area contributed by atoms with Crippen LogP contribution >= 0.6 is 0 Å². The van der Waals surface area contributed by atoms with Gasteiger partial charge in [0.2, 0.25) is 11.9 Å². The van der Waals surface area contributed by atoms with E-state index in [1.807, 2.05) is 195 Å². The van der Waals surface area contributed by atoms with E-state index in [-0.39, 0.29) is 36.1 Å². The van der Waals surface area contributed by atoms with Gasteiger partial charge in [0.15, 0.2) is 23.3 Å². The molecular formula is C66H54N8. The molecule has 8 nitrogen and oxygen atoms in total. The maximum atomic E-state index is 9.22. The SMILES string of the molecule is [2H]c1c(C)c([2H])c(C)c(N(c2ccc(N(c3nc(-c4ccccc4)nc(-c4ccccc4-c4ccccc4)n3)c3nc(-c4ccccc4)nc(-c4ccccc4-c4ccccc4)n3)cc2)c2c(C)c([2H])c(C)c([2H])c2C)c1C. The van der Waals surface area contributed by atoms with E-state index in [2.05, 4.69) is 36.4 Å². The molecule has 2 heterocycles. The smallest absolute Gasteiger partial charge is 0.241 e. The van der Waals surface area contributed by atoms with E-state index in [0.717, 1.165) is 44.5 Å². The fourth-order valence-corrected chi connectivity index (χ4v) is 9.80. The molecule has 0 fully saturated rings. The standard InChI is InChI=1S/C66H54N8/c1-43-39-45(3)59(46(4)40-43)73(60-47(5)41-44(2)42-48(60)6)53-35-37-54(38-36-53)74(65-69-61(51-27-15-9-16-28-51)67-63(71-65)57-33-21-19-31-55(57)49-23-11-7-12-24-49)66-70-62(52-29-17-10-18-30-52)68-64(72-66)58-34-22-20-32-56(58)50-25-13-8-14-26-50/h7-42H,1-6H3/i39D,40D,41D,42D. The molecule has 0 aliphatic carbocycles. The molecule has 74 heavy (non-hydrogen) atoms. The van der Waals surface area contributed by atoms with Gasteiger partial charge in [0, 0.05) is 27.9 Å². The van der Waals surface area contributed by atoms with Gasteiger partial charge in [-0.3, -0.25) is 0 Å². The molecule has 0 aliphatic rings. The summed E-state index contributed by atoms with van der Waals surface area (Å²) >= 11 is 0. The molecule has 9 aromatic carbocycles. The lowest BCUT2D eigenvalue weighted by molar-refractivity contribution is 0.964. The molecule has 11 aromatic rings. The van der Waals surface area contributed by atoms with Crippen LogP contribution in [-0.2, 0) is 0 Å². The highest BCUT2D eigenvalue weighted by Gasteiger charge is 2.27. The van der Waals surface area contributed by atoms with Crippen LogP contribution in [-0.4, -0.2) is 29.9 Å². The van der Waals surface area contributed by atoms with E-state index in [4.69, 9.17) is 29.9 Å². The maximum Gasteiger partial charge on any atom is 0.241 e. The second kappa shape index (κ2) is 20.4. The molecule has 0 bridgehead atoms. The molecule has 11 rings (SSSR count). The van der Waals surface area contributed by atoms with E-state index < -0.39 is 0 Å². The summed E-state index contributed by atoms with van der Waals surface area (Å²) in [4.78, 5) is 35.7. The number of hydrogen-bond donors (Lipinski definition) is 0. The average Bonchev–Trinajstić information content (AvgIpc) is 3.70. The van der Waals surface area contributed by atoms with Gasteiger partial charge in [-0.2, -0.15) is 19.9 Å². The summed E-state index contributed by atoms with van der Waals surface area (Å²) in [6.45, 7) is 11.2. The summed E-state index contributed by atoms with van der Waals surface area (Å²) in [5, 5.41) is 0. The Balaban J connectivity index is 1.20. The fraction of sp³-hybridized carbons (Fsp3) is 0.0909. The van der Waals surface area contributed by atoms with Crippen molar-refractivity contribution in [2.24, 2.45) is 0 Å². The van der Waals surface area contributed by atoms with Gasteiger partial charge in [-0.25, -0.2) is 14.9 Å². The van der Waals surface area contributed by atoms with Crippen molar-refractivity contribution in [3.63, 3.8) is 0 Å². The lowest BCUT2D eigenvalue weighted by Crippen LogP contribution is -2.19. The Hall–Kier alpha value is -9.40. The minimum absolute atomic E-state index is 0.240. The van der Waals surface area contributed by atoms with Crippen LogP contribution in [0.5, 0.6) is 0 Å². The van der Waals surface area contributed by atoms with Crippen LogP contribution in [0.25, 0.3) is 67.8 Å². The van der Waals surface area contributed by atoms with Crippen LogP contribution in [0.15, 0.2) is 218 Å². The molecule has 0 unspecified atom stereocenters. The van der Waals surface area contributed by atoms with Gasteiger partial charge >= 0.3 is 0 Å². The minimum Gasteiger partial charge on any atom is -0.309 e. The Morgan fingerprint density at radius 2 is 0.568 bits per heavy atom. The highest BCUT2D eigenvalue weighted by atomic mass is 15.4. The van der Waals surface area contributed by atoms with Crippen LogP contribution in [0.3, 0.4) is 0 Å². The first-order chi connectivity index (χ1) is 37.9. The lowest BCUT2D eigenvalue weighted by atomic mass is 9.98. The number of rotatable bonds is 12. The number of hydrogen-bond acceptors (Lipinski definition) is 8. The second-order valence-electron chi connectivity index (χ2n) is 18.3. The topological polar surface area (TPSA) is 83.8 Å². The lowest BCUT2D eigenvalue weighted by Gasteiger charge is -2.32. The van der Waals surface area contributed by atoms with Gasteiger partial charge in [-0.15, -0.1) is 0 Å². The van der Waals surface area contributed by atoms with Crippen LogP contribution in [0, 0.1) is 41.5 Å². The highest BCUT2D eigenvalue weighted by molar-refractivity contribution is 5.87. The Labute approximate surface area is 439 Å². The summed E-state index contributed by atoms with van der Waals surface area (Å²) in [6.07, 6.45) is 0. The Bertz CT molecular complexity index is 3730. The van der Waals surface area contributed by atoms with Gasteiger partial charge in [-0.1, -0.05) is 205 Å². The van der Waals surface area contributed by atoms with Crippen molar-refractivity contribution in [1.82, 2.24) is 29.9 Å². The van der Waals surface area contributed by atoms with E-state index in [9.17, 15) is 5.48 Å². The molecular weight excluding hydrogens is 905 g/mol. The van der Waals surface area contributed by atoms with Gasteiger partial charge < -0.3 is 4.90 Å². The molecule has 0 radical (unpaired) electrons. The van der Waals surface area contributed by atoms with Crippen LogP contribution in [0.2, 0.25) is 0 Å². The molecule has 0 amide bonds. The molecule has 0 saturated heterocycles. The largest absolute Gasteiger partial charge is 0.309 e. The normalized spacial score (nSPS) is 11.9. The van der Waals surface area contributed by atoms with E-state index >= 15 is 0 Å². The number of benzene rings is 9. The van der Waals surface area contributed by atoms with Gasteiger partial charge in [0.25, 0.3) is 0 Å². The predicted molar refractivity (Wildman–Crippen MR) is 304 cm³/mol. The van der Waals surface area contributed by atoms with Crippen molar-refractivity contribution in [2.75, 3.05) is 9.80 Å². The molecule has 358 valence electrons. The molecule has 0 atom stereocenters. The first-order valence-electron chi connectivity index (χ1n) is 26.6. The minimum atomic E-state index is 0.240. The molecule has 8 heteroatoms. The summed E-state index contributed by atoms with van der Waals surface area (Å²) < 4.78 is 36.9. The third-order valence-corrected chi connectivity index (χ3v) is 13.0. The Kier molecular flexibility index (Phi) is 11.6.